The van der Waals surface area contributed by atoms with Crippen LogP contribution in [0, 0.1) is 11.8 Å². The molecule has 2 N–H and O–H groups in total. The van der Waals surface area contributed by atoms with Gasteiger partial charge in [-0.25, -0.2) is 27.9 Å². The Bertz CT molecular complexity index is 1520. The zero-order valence-electron chi connectivity index (χ0n) is 24.1. The molecule has 0 saturated heterocycles. The van der Waals surface area contributed by atoms with Gasteiger partial charge in [0.25, 0.3) is 5.91 Å². The highest BCUT2D eigenvalue weighted by Gasteiger charge is 2.40. The van der Waals surface area contributed by atoms with Gasteiger partial charge >= 0.3 is 12.5 Å². The van der Waals surface area contributed by atoms with E-state index in [1.54, 1.807) is 6.07 Å². The number of carbonyl (C=O) groups excluding carboxylic acids is 2. The van der Waals surface area contributed by atoms with Crippen LogP contribution in [0.5, 0.6) is 0 Å². The smallest absolute Gasteiger partial charge is 0.349 e. The third kappa shape index (κ3) is 8.88. The lowest BCUT2D eigenvalue weighted by atomic mass is 9.81. The van der Waals surface area contributed by atoms with Gasteiger partial charge in [0.2, 0.25) is 17.7 Å². The van der Waals surface area contributed by atoms with Crippen molar-refractivity contribution in [3.05, 3.63) is 41.9 Å². The summed E-state index contributed by atoms with van der Waals surface area (Å²) in [7, 11) is 0. The maximum atomic E-state index is 14.0. The van der Waals surface area contributed by atoms with E-state index in [1.807, 2.05) is 0 Å². The number of nitrogens with zero attached hydrogens (tertiary/aromatic N) is 6. The van der Waals surface area contributed by atoms with E-state index in [-0.39, 0.29) is 35.9 Å². The molecule has 0 bridgehead atoms. The number of imidazole rings is 1. The molecule has 0 spiro atoms. The summed E-state index contributed by atoms with van der Waals surface area (Å²) in [6, 6.07) is 0.0862. The van der Waals surface area contributed by atoms with Crippen molar-refractivity contribution < 1.29 is 49.4 Å². The summed E-state index contributed by atoms with van der Waals surface area (Å²) >= 11 is 0. The second kappa shape index (κ2) is 13.1. The summed E-state index contributed by atoms with van der Waals surface area (Å²) in [5.41, 5.74) is 1.05. The summed E-state index contributed by atoms with van der Waals surface area (Å²) < 4.78 is 109. The van der Waals surface area contributed by atoms with Crippen LogP contribution in [0.25, 0.3) is 5.65 Å². The molecule has 3 aromatic rings. The first-order valence-electron chi connectivity index (χ1n) is 14.6. The normalized spacial score (nSPS) is 18.8. The van der Waals surface area contributed by atoms with Crippen molar-refractivity contribution in [2.45, 2.75) is 88.5 Å². The van der Waals surface area contributed by atoms with E-state index in [2.05, 4.69) is 35.5 Å². The maximum Gasteiger partial charge on any atom is 0.522 e. The highest BCUT2D eigenvalue weighted by molar-refractivity contribution is 5.90. The Morgan fingerprint density at radius 1 is 1.00 bits per heavy atom. The number of halogens is 8. The predicted octanol–water partition coefficient (Wildman–Crippen LogP) is 5.06. The summed E-state index contributed by atoms with van der Waals surface area (Å²) in [5.74, 6) is -5.27. The average molecular weight is 667 g/mol. The topological polar surface area (TPSA) is 128 Å². The van der Waals surface area contributed by atoms with Crippen LogP contribution in [-0.2, 0) is 16.1 Å². The molecule has 46 heavy (non-hydrogen) atoms. The molecule has 0 aromatic carbocycles. The van der Waals surface area contributed by atoms with Crippen LogP contribution in [0.15, 0.2) is 24.8 Å². The van der Waals surface area contributed by atoms with Gasteiger partial charge in [-0.15, -0.1) is 13.2 Å². The molecule has 0 unspecified atom stereocenters. The first kappa shape index (κ1) is 33.5. The van der Waals surface area contributed by atoms with E-state index >= 15 is 0 Å². The lowest BCUT2D eigenvalue weighted by molar-refractivity contribution is -0.325. The molecule has 2 amide bonds. The fourth-order valence-corrected chi connectivity index (χ4v) is 5.52. The predicted molar refractivity (Wildman–Crippen MR) is 141 cm³/mol. The van der Waals surface area contributed by atoms with Gasteiger partial charge < -0.3 is 10.6 Å². The molecule has 3 aromatic heterocycles. The van der Waals surface area contributed by atoms with Gasteiger partial charge in [0.1, 0.15) is 6.33 Å². The first-order chi connectivity index (χ1) is 21.6. The van der Waals surface area contributed by atoms with Crippen LogP contribution in [0.3, 0.4) is 0 Å². The Hall–Kier alpha value is -3.90. The number of ether oxygens (including phenoxy) is 1. The van der Waals surface area contributed by atoms with Crippen molar-refractivity contribution in [1.82, 2.24) is 40.0 Å². The monoisotopic (exact) mass is 666 g/mol. The molecule has 19 heteroatoms. The van der Waals surface area contributed by atoms with Gasteiger partial charge in [-0.3, -0.25) is 14.3 Å². The SMILES string of the molecule is O=C(CCC(F)(F)F)N[C@@H](c1cnn2cc([C@@H](NC(=O)c3ncnn3CCOC(F)(F)F)C3CCC(F)(F)CC3)nc2c1)C1CC1. The standard InChI is InChI=1S/C27H30F8N8O3/c28-25(29)6-3-16(4-7-25)22(41-24(45)23-36-14-38-42(23)9-10-46-27(33,34)35)18-13-43-19(39-18)11-17(12-37-43)21(15-1-2-15)40-20(44)5-8-26(30,31)32/h11-16,21-22H,1-10H2,(H,40,44)(H,41,45)/t21-,22+/m1/s1. The van der Waals surface area contributed by atoms with Crippen LogP contribution in [-0.4, -0.2) is 66.2 Å². The minimum atomic E-state index is -4.88. The molecule has 0 radical (unpaired) electrons. The van der Waals surface area contributed by atoms with Crippen LogP contribution in [0.2, 0.25) is 0 Å². The molecule has 2 fully saturated rings. The Morgan fingerprint density at radius 2 is 1.70 bits per heavy atom. The number of amides is 2. The number of alkyl halides is 8. The van der Waals surface area contributed by atoms with E-state index in [0.717, 1.165) is 23.9 Å². The maximum absolute atomic E-state index is 14.0. The van der Waals surface area contributed by atoms with Gasteiger partial charge in [-0.05, 0) is 49.1 Å². The molecule has 2 aliphatic carbocycles. The number of hydrogen-bond acceptors (Lipinski definition) is 7. The van der Waals surface area contributed by atoms with Crippen molar-refractivity contribution in [3.63, 3.8) is 0 Å². The molecule has 2 atom stereocenters. The van der Waals surface area contributed by atoms with Crippen LogP contribution in [0.4, 0.5) is 35.1 Å². The van der Waals surface area contributed by atoms with Gasteiger partial charge in [0, 0.05) is 19.3 Å². The van der Waals surface area contributed by atoms with E-state index in [4.69, 9.17) is 0 Å². The summed E-state index contributed by atoms with van der Waals surface area (Å²) in [5, 5.41) is 13.5. The molecule has 3 heterocycles. The fraction of sp³-hybridized carbons (Fsp3) is 0.630. The fourth-order valence-electron chi connectivity index (χ4n) is 5.52. The Labute approximate surface area is 256 Å². The van der Waals surface area contributed by atoms with Gasteiger partial charge in [0.15, 0.2) is 5.65 Å². The molecule has 11 nitrogen and oxygen atoms in total. The first-order valence-corrected chi connectivity index (χ1v) is 14.6. The lowest BCUT2D eigenvalue weighted by Crippen LogP contribution is -2.38. The molecule has 0 aliphatic heterocycles. The quantitative estimate of drug-likeness (QED) is 0.259. The Morgan fingerprint density at radius 3 is 2.35 bits per heavy atom. The molecule has 5 rings (SSSR count). The minimum absolute atomic E-state index is 0.00310. The zero-order valence-corrected chi connectivity index (χ0v) is 24.1. The van der Waals surface area contributed by atoms with Crippen LogP contribution < -0.4 is 10.6 Å². The van der Waals surface area contributed by atoms with E-state index in [1.165, 1.54) is 16.9 Å². The Kier molecular flexibility index (Phi) is 9.51. The molecule has 2 aliphatic rings. The van der Waals surface area contributed by atoms with Crippen molar-refractivity contribution >= 4 is 17.5 Å². The van der Waals surface area contributed by atoms with Crippen molar-refractivity contribution in [3.8, 4) is 0 Å². The highest BCUT2D eigenvalue weighted by Crippen LogP contribution is 2.43. The summed E-state index contributed by atoms with van der Waals surface area (Å²) in [4.78, 5) is 34.0. The number of rotatable bonds is 12. The van der Waals surface area contributed by atoms with Crippen molar-refractivity contribution in [2.75, 3.05) is 6.61 Å². The Balaban J connectivity index is 1.37. The number of nitrogens with one attached hydrogen (secondary N) is 2. The molecular weight excluding hydrogens is 636 g/mol. The third-order valence-corrected chi connectivity index (χ3v) is 7.99. The number of hydrogen-bond donors (Lipinski definition) is 2. The number of aromatic nitrogens is 6. The second-order valence-corrected chi connectivity index (χ2v) is 11.5. The second-order valence-electron chi connectivity index (χ2n) is 11.5. The average Bonchev–Trinajstić information content (AvgIpc) is 3.54. The molecular formula is C27H30F8N8O3. The van der Waals surface area contributed by atoms with Crippen molar-refractivity contribution in [2.24, 2.45) is 11.8 Å². The van der Waals surface area contributed by atoms with Gasteiger partial charge in [-0.1, -0.05) is 0 Å². The summed E-state index contributed by atoms with van der Waals surface area (Å²) in [6.07, 6.45) is -6.70. The largest absolute Gasteiger partial charge is 0.522 e. The van der Waals surface area contributed by atoms with E-state index < -0.39 is 87.1 Å². The highest BCUT2D eigenvalue weighted by atomic mass is 19.4. The van der Waals surface area contributed by atoms with Crippen molar-refractivity contribution in [1.29, 1.82) is 0 Å². The number of carbonyl (C=O) groups is 2. The van der Waals surface area contributed by atoms with Gasteiger partial charge in [-0.2, -0.15) is 23.4 Å². The van der Waals surface area contributed by atoms with E-state index in [9.17, 15) is 44.7 Å². The third-order valence-electron chi connectivity index (χ3n) is 7.99. The molecule has 252 valence electrons. The molecule has 2 saturated carbocycles. The minimum Gasteiger partial charge on any atom is -0.349 e. The zero-order chi connectivity index (χ0) is 33.3. The van der Waals surface area contributed by atoms with Crippen LogP contribution in [0.1, 0.15) is 85.3 Å². The summed E-state index contributed by atoms with van der Waals surface area (Å²) in [6.45, 7) is -1.28. The van der Waals surface area contributed by atoms with Gasteiger partial charge in [0.05, 0.1) is 49.7 Å². The lowest BCUT2D eigenvalue weighted by Gasteiger charge is -2.33. The number of fused-ring (bicyclic) bond motifs is 1. The van der Waals surface area contributed by atoms with E-state index in [0.29, 0.717) is 5.56 Å². The van der Waals surface area contributed by atoms with Crippen LogP contribution >= 0.6 is 0 Å².